The van der Waals surface area contributed by atoms with E-state index < -0.39 is 0 Å². The van der Waals surface area contributed by atoms with Gasteiger partial charge in [-0.05, 0) is 74.2 Å². The third-order valence-corrected chi connectivity index (χ3v) is 6.61. The Bertz CT molecular complexity index is 941. The third-order valence-electron chi connectivity index (χ3n) is 6.61. The number of halogens is 1. The topological polar surface area (TPSA) is 78.7 Å². The number of likely N-dealkylation sites (tertiary alicyclic amines) is 1. The second-order valence-corrected chi connectivity index (χ2v) is 8.86. The van der Waals surface area contributed by atoms with Crippen LogP contribution in [-0.2, 0) is 16.0 Å². The van der Waals surface area contributed by atoms with E-state index in [0.29, 0.717) is 11.6 Å². The lowest BCUT2D eigenvalue weighted by Crippen LogP contribution is -2.50. The average Bonchev–Trinajstić information content (AvgIpc) is 2.80. The number of primary amides is 1. The van der Waals surface area contributed by atoms with E-state index in [1.54, 1.807) is 12.1 Å². The molecule has 32 heavy (non-hydrogen) atoms. The Balaban J connectivity index is 1.26. The molecule has 2 aliphatic heterocycles. The lowest BCUT2D eigenvalue weighted by Gasteiger charge is -2.42. The molecule has 0 radical (unpaired) electrons. The average molecular weight is 439 g/mol. The van der Waals surface area contributed by atoms with Crippen LogP contribution in [0.3, 0.4) is 0 Å². The molecule has 4 rings (SSSR count). The van der Waals surface area contributed by atoms with Crippen LogP contribution >= 0.6 is 0 Å². The maximum Gasteiger partial charge on any atom is 0.228 e. The molecule has 0 aromatic heterocycles. The number of carbonyl (C=O) groups excluding carboxylic acids is 2. The Hall–Kier alpha value is -2.93. The van der Waals surface area contributed by atoms with E-state index in [1.165, 1.54) is 12.1 Å². The minimum atomic E-state index is -0.337. The number of nitrogens with one attached hydrogen (secondary N) is 1. The zero-order chi connectivity index (χ0) is 22.5. The van der Waals surface area contributed by atoms with Crippen molar-refractivity contribution in [2.45, 2.75) is 38.1 Å². The Kier molecular flexibility index (Phi) is 7.05. The van der Waals surface area contributed by atoms with Crippen molar-refractivity contribution in [3.8, 4) is 0 Å². The van der Waals surface area contributed by atoms with Crippen LogP contribution < -0.4 is 16.0 Å². The van der Waals surface area contributed by atoms with E-state index in [4.69, 9.17) is 5.73 Å². The number of rotatable bonds is 6. The lowest BCUT2D eigenvalue weighted by atomic mass is 9.93. The number of nitrogens with two attached hydrogens (primary N) is 1. The first-order valence-electron chi connectivity index (χ1n) is 11.4. The van der Waals surface area contributed by atoms with Gasteiger partial charge in [0.25, 0.3) is 0 Å². The molecule has 7 heteroatoms. The highest BCUT2D eigenvalue weighted by atomic mass is 19.1. The number of benzene rings is 2. The second-order valence-electron chi connectivity index (χ2n) is 8.86. The Labute approximate surface area is 188 Å². The van der Waals surface area contributed by atoms with Gasteiger partial charge in [0.1, 0.15) is 5.82 Å². The van der Waals surface area contributed by atoms with Crippen LogP contribution in [0, 0.1) is 11.7 Å². The van der Waals surface area contributed by atoms with Gasteiger partial charge >= 0.3 is 0 Å². The summed E-state index contributed by atoms with van der Waals surface area (Å²) in [5.74, 6) is -0.683. The van der Waals surface area contributed by atoms with Gasteiger partial charge in [-0.2, -0.15) is 0 Å². The van der Waals surface area contributed by atoms with Crippen LogP contribution in [0.15, 0.2) is 48.5 Å². The Morgan fingerprint density at radius 1 is 1.03 bits per heavy atom. The summed E-state index contributed by atoms with van der Waals surface area (Å²) in [4.78, 5) is 28.6. The molecular weight excluding hydrogens is 407 g/mol. The molecule has 170 valence electrons. The normalized spacial score (nSPS) is 20.2. The maximum absolute atomic E-state index is 13.3. The summed E-state index contributed by atoms with van der Waals surface area (Å²) in [5, 5.41) is 2.88. The predicted molar refractivity (Wildman–Crippen MR) is 124 cm³/mol. The molecule has 2 amide bonds. The van der Waals surface area contributed by atoms with Gasteiger partial charge in [0.15, 0.2) is 0 Å². The number of nitrogens with zero attached hydrogens (tertiary/aromatic N) is 2. The Morgan fingerprint density at radius 3 is 2.47 bits per heavy atom. The molecule has 6 nitrogen and oxygen atoms in total. The molecule has 0 bridgehead atoms. The fourth-order valence-corrected chi connectivity index (χ4v) is 4.85. The minimum absolute atomic E-state index is 0.00884. The molecule has 2 aromatic rings. The molecule has 0 aliphatic carbocycles. The van der Waals surface area contributed by atoms with Gasteiger partial charge in [-0.1, -0.05) is 12.1 Å². The highest BCUT2D eigenvalue weighted by Crippen LogP contribution is 2.27. The van der Waals surface area contributed by atoms with Gasteiger partial charge in [-0.25, -0.2) is 4.39 Å². The summed E-state index contributed by atoms with van der Waals surface area (Å²) in [5.41, 5.74) is 8.05. The van der Waals surface area contributed by atoms with Crippen LogP contribution in [-0.4, -0.2) is 48.9 Å². The smallest absolute Gasteiger partial charge is 0.228 e. The van der Waals surface area contributed by atoms with Gasteiger partial charge in [0, 0.05) is 37.1 Å². The number of hydrogen-bond acceptors (Lipinski definition) is 4. The zero-order valence-corrected chi connectivity index (χ0v) is 18.3. The highest BCUT2D eigenvalue weighted by Gasteiger charge is 2.30. The standard InChI is InChI=1S/C25H31FN4O2/c26-20-5-1-3-18(15-20)16-24(31)28-21-6-8-22(9-7-21)29-13-10-23(11-14-29)30-12-2-4-19(17-30)25(27)32/h1,3,5-9,15,19,23H,2,4,10-14,16-17H2,(H2,27,32)(H,28,31). The fourth-order valence-electron chi connectivity index (χ4n) is 4.85. The quantitative estimate of drug-likeness (QED) is 0.726. The first-order valence-corrected chi connectivity index (χ1v) is 11.4. The summed E-state index contributed by atoms with van der Waals surface area (Å²) in [6.45, 7) is 3.78. The third kappa shape index (κ3) is 5.65. The summed E-state index contributed by atoms with van der Waals surface area (Å²) < 4.78 is 13.3. The SMILES string of the molecule is NC(=O)C1CCCN(C2CCN(c3ccc(NC(=O)Cc4cccc(F)c4)cc3)CC2)C1. The van der Waals surface area contributed by atoms with Gasteiger partial charge in [-0.15, -0.1) is 0 Å². The summed E-state index contributed by atoms with van der Waals surface area (Å²) in [6, 6.07) is 14.5. The number of anilines is 2. The van der Waals surface area contributed by atoms with Crippen molar-refractivity contribution in [1.82, 2.24) is 4.90 Å². The van der Waals surface area contributed by atoms with Crippen LogP contribution in [0.25, 0.3) is 0 Å². The lowest BCUT2D eigenvalue weighted by molar-refractivity contribution is -0.123. The first-order chi connectivity index (χ1) is 15.5. The molecule has 2 aliphatic rings. The van der Waals surface area contributed by atoms with Crippen molar-refractivity contribution in [1.29, 1.82) is 0 Å². The van der Waals surface area contributed by atoms with Crippen molar-refractivity contribution >= 4 is 23.2 Å². The first kappa shape index (κ1) is 22.3. The van der Waals surface area contributed by atoms with Gasteiger partial charge in [-0.3, -0.25) is 14.5 Å². The van der Waals surface area contributed by atoms with Gasteiger partial charge in [0.05, 0.1) is 12.3 Å². The van der Waals surface area contributed by atoms with Crippen molar-refractivity contribution in [3.63, 3.8) is 0 Å². The molecule has 0 spiro atoms. The molecule has 1 unspecified atom stereocenters. The minimum Gasteiger partial charge on any atom is -0.371 e. The zero-order valence-electron chi connectivity index (χ0n) is 18.3. The highest BCUT2D eigenvalue weighted by molar-refractivity contribution is 5.92. The fraction of sp³-hybridized carbons (Fsp3) is 0.440. The largest absolute Gasteiger partial charge is 0.371 e. The molecule has 0 saturated carbocycles. The van der Waals surface area contributed by atoms with Crippen molar-refractivity contribution in [2.24, 2.45) is 11.7 Å². The van der Waals surface area contributed by atoms with E-state index in [1.807, 2.05) is 24.3 Å². The number of piperidine rings is 2. The van der Waals surface area contributed by atoms with Gasteiger partial charge < -0.3 is 16.0 Å². The maximum atomic E-state index is 13.3. The van der Waals surface area contributed by atoms with Crippen LogP contribution in [0.1, 0.15) is 31.2 Å². The molecule has 2 aromatic carbocycles. The van der Waals surface area contributed by atoms with Gasteiger partial charge in [0.2, 0.25) is 11.8 Å². The number of amides is 2. The number of carbonyl (C=O) groups is 2. The van der Waals surface area contributed by atoms with Crippen LogP contribution in [0.4, 0.5) is 15.8 Å². The van der Waals surface area contributed by atoms with Crippen molar-refractivity contribution < 1.29 is 14.0 Å². The van der Waals surface area contributed by atoms with Crippen molar-refractivity contribution in [3.05, 3.63) is 59.9 Å². The molecule has 2 saturated heterocycles. The monoisotopic (exact) mass is 438 g/mol. The summed E-state index contributed by atoms with van der Waals surface area (Å²) in [7, 11) is 0. The van der Waals surface area contributed by atoms with E-state index in [0.717, 1.165) is 63.2 Å². The Morgan fingerprint density at radius 2 is 1.78 bits per heavy atom. The molecule has 2 fully saturated rings. The van der Waals surface area contributed by atoms with E-state index in [9.17, 15) is 14.0 Å². The van der Waals surface area contributed by atoms with Crippen LogP contribution in [0.2, 0.25) is 0 Å². The van der Waals surface area contributed by atoms with E-state index >= 15 is 0 Å². The molecular formula is C25H31FN4O2. The summed E-state index contributed by atoms with van der Waals surface area (Å²) in [6.07, 6.45) is 4.23. The predicted octanol–water partition coefficient (Wildman–Crippen LogP) is 3.17. The van der Waals surface area contributed by atoms with Crippen LogP contribution in [0.5, 0.6) is 0 Å². The van der Waals surface area contributed by atoms with E-state index in [-0.39, 0.29) is 30.0 Å². The molecule has 2 heterocycles. The van der Waals surface area contributed by atoms with Crippen molar-refractivity contribution in [2.75, 3.05) is 36.4 Å². The summed E-state index contributed by atoms with van der Waals surface area (Å²) >= 11 is 0. The second kappa shape index (κ2) is 10.1. The number of hydrogen-bond donors (Lipinski definition) is 2. The molecule has 1 atom stereocenters. The van der Waals surface area contributed by atoms with E-state index in [2.05, 4.69) is 15.1 Å². The molecule has 3 N–H and O–H groups in total.